The van der Waals surface area contributed by atoms with E-state index in [0.29, 0.717) is 11.6 Å². The number of hydrogen-bond donors (Lipinski definition) is 1. The Morgan fingerprint density at radius 2 is 2.03 bits per heavy atom. The quantitative estimate of drug-likeness (QED) is 0.769. The smallest absolute Gasteiger partial charge is 0.329 e. The van der Waals surface area contributed by atoms with Gasteiger partial charge in [0, 0.05) is 32.4 Å². The minimum Gasteiger partial charge on any atom is -0.372 e. The normalized spacial score (nSPS) is 26.2. The topological polar surface area (TPSA) is 85.7 Å². The Balaban J connectivity index is 1.66. The molecule has 0 unspecified atom stereocenters. The number of nitrogens with zero attached hydrogens (tertiary/aromatic N) is 6. The van der Waals surface area contributed by atoms with Gasteiger partial charge in [0.25, 0.3) is 0 Å². The molecule has 3 aliphatic heterocycles. The third kappa shape index (κ3) is 3.89. The number of aliphatic imine (C=N–C) groups is 2. The lowest BCUT2D eigenvalue weighted by molar-refractivity contribution is -0.00545. The fraction of sp³-hybridized carbons (Fsp3) is 0.524. The van der Waals surface area contributed by atoms with Crippen molar-refractivity contribution in [2.45, 2.75) is 45.4 Å². The number of rotatable bonds is 4. The Kier molecular flexibility index (Phi) is 5.72. The molecule has 9 heteroatoms. The molecule has 1 aromatic heterocycles. The van der Waals surface area contributed by atoms with Crippen LogP contribution in [-0.4, -0.2) is 68.4 Å². The standard InChI is InChI=1S/C21H29N7O2/c1-5-23-18(10-22-4)24-21(29)28-16-8-9-26(13-16)17-6-7-19(25-20(17)28)27-11-14(2)30-15(3)12-27/h5-7,10,14-16H,4,8-9,11-13H2,1-3H3,(H,24,29)/b18-10+,23-5-/t14-,15-,16+/m1/s1. The highest BCUT2D eigenvalue weighted by molar-refractivity contribution is 5.98. The fourth-order valence-electron chi connectivity index (χ4n) is 4.50. The maximum absolute atomic E-state index is 13.2. The number of morpholine rings is 1. The summed E-state index contributed by atoms with van der Waals surface area (Å²) in [5, 5.41) is 2.85. The van der Waals surface area contributed by atoms with Crippen molar-refractivity contribution in [2.24, 2.45) is 9.98 Å². The van der Waals surface area contributed by atoms with Crippen LogP contribution in [0, 0.1) is 0 Å². The maximum Gasteiger partial charge on any atom is 0.329 e. The minimum absolute atomic E-state index is 0.0753. The predicted octanol–water partition coefficient (Wildman–Crippen LogP) is 2.39. The zero-order valence-corrected chi connectivity index (χ0v) is 17.8. The Morgan fingerprint density at radius 1 is 1.27 bits per heavy atom. The number of aromatic nitrogens is 1. The van der Waals surface area contributed by atoms with Crippen molar-refractivity contribution in [3.8, 4) is 0 Å². The number of carbonyl (C=O) groups is 1. The summed E-state index contributed by atoms with van der Waals surface area (Å²) < 4.78 is 5.86. The first-order chi connectivity index (χ1) is 14.5. The van der Waals surface area contributed by atoms with Crippen LogP contribution in [0.15, 0.2) is 34.1 Å². The van der Waals surface area contributed by atoms with Crippen molar-refractivity contribution < 1.29 is 9.53 Å². The second kappa shape index (κ2) is 8.43. The molecule has 4 rings (SSSR count). The SMILES string of the molecule is C=N/C=C(\N=C/C)NC(=O)N1c2nc(N3C[C@@H](C)O[C@H](C)C3)ccc2N2CC[C@H]1C2. The van der Waals surface area contributed by atoms with E-state index in [2.05, 4.69) is 51.7 Å². The fourth-order valence-corrected chi connectivity index (χ4v) is 4.50. The van der Waals surface area contributed by atoms with Crippen LogP contribution >= 0.6 is 0 Å². The van der Waals surface area contributed by atoms with Gasteiger partial charge in [-0.25, -0.2) is 14.8 Å². The van der Waals surface area contributed by atoms with Gasteiger partial charge < -0.3 is 14.5 Å². The molecule has 0 spiro atoms. The number of fused-ring (bicyclic) bond motifs is 4. The van der Waals surface area contributed by atoms with Gasteiger partial charge in [0.1, 0.15) is 5.82 Å². The maximum atomic E-state index is 13.2. The monoisotopic (exact) mass is 411 g/mol. The van der Waals surface area contributed by atoms with Gasteiger partial charge in [-0.3, -0.25) is 15.2 Å². The number of anilines is 3. The summed E-state index contributed by atoms with van der Waals surface area (Å²) in [5.41, 5.74) is 0.989. The molecule has 2 saturated heterocycles. The van der Waals surface area contributed by atoms with Crippen molar-refractivity contribution >= 4 is 36.3 Å². The Hall–Kier alpha value is -2.94. The van der Waals surface area contributed by atoms with Crippen molar-refractivity contribution in [2.75, 3.05) is 40.9 Å². The van der Waals surface area contributed by atoms with Crippen LogP contribution in [0.1, 0.15) is 27.2 Å². The minimum atomic E-state index is -0.253. The summed E-state index contributed by atoms with van der Waals surface area (Å²) in [6, 6.07) is 3.95. The lowest BCUT2D eigenvalue weighted by Gasteiger charge is -2.39. The van der Waals surface area contributed by atoms with Gasteiger partial charge in [-0.1, -0.05) is 0 Å². The summed E-state index contributed by atoms with van der Waals surface area (Å²) in [7, 11) is 0. The number of urea groups is 1. The Labute approximate surface area is 177 Å². The average Bonchev–Trinajstić information content (AvgIpc) is 3.11. The van der Waals surface area contributed by atoms with Gasteiger partial charge in [0.15, 0.2) is 11.6 Å². The molecule has 3 atom stereocenters. The molecular formula is C21H29N7O2. The van der Waals surface area contributed by atoms with Crippen LogP contribution in [0.3, 0.4) is 0 Å². The van der Waals surface area contributed by atoms with Crippen LogP contribution in [0.25, 0.3) is 0 Å². The Bertz CT molecular complexity index is 874. The van der Waals surface area contributed by atoms with E-state index in [1.165, 1.54) is 6.20 Å². The molecule has 0 radical (unpaired) electrons. The third-order valence-corrected chi connectivity index (χ3v) is 5.62. The first kappa shape index (κ1) is 20.3. The highest BCUT2D eigenvalue weighted by Gasteiger charge is 2.40. The van der Waals surface area contributed by atoms with E-state index in [1.54, 1.807) is 18.0 Å². The molecule has 2 bridgehead atoms. The molecule has 1 aromatic rings. The highest BCUT2D eigenvalue weighted by Crippen LogP contribution is 2.40. The molecule has 0 saturated carbocycles. The van der Waals surface area contributed by atoms with E-state index >= 15 is 0 Å². The van der Waals surface area contributed by atoms with Gasteiger partial charge >= 0.3 is 6.03 Å². The van der Waals surface area contributed by atoms with E-state index in [0.717, 1.165) is 44.1 Å². The average molecular weight is 412 g/mol. The van der Waals surface area contributed by atoms with Crippen LogP contribution in [0.4, 0.5) is 22.1 Å². The molecule has 2 amide bonds. The predicted molar refractivity (Wildman–Crippen MR) is 120 cm³/mol. The molecule has 0 aromatic carbocycles. The lowest BCUT2D eigenvalue weighted by Crippen LogP contribution is -2.51. The molecule has 2 fully saturated rings. The first-order valence-electron chi connectivity index (χ1n) is 10.4. The van der Waals surface area contributed by atoms with Gasteiger partial charge in [0.05, 0.1) is 30.1 Å². The molecule has 30 heavy (non-hydrogen) atoms. The number of pyridine rings is 1. The molecule has 160 valence electrons. The molecule has 9 nitrogen and oxygen atoms in total. The molecule has 3 aliphatic rings. The van der Waals surface area contributed by atoms with Crippen molar-refractivity contribution in [3.05, 3.63) is 24.2 Å². The molecule has 1 N–H and O–H groups in total. The van der Waals surface area contributed by atoms with Gasteiger partial charge in [0.2, 0.25) is 0 Å². The van der Waals surface area contributed by atoms with Crippen molar-refractivity contribution in [3.63, 3.8) is 0 Å². The van der Waals surface area contributed by atoms with Crippen LogP contribution in [-0.2, 0) is 4.74 Å². The summed E-state index contributed by atoms with van der Waals surface area (Å²) in [6.45, 7) is 12.7. The molecular weight excluding hydrogens is 382 g/mol. The zero-order valence-electron chi connectivity index (χ0n) is 17.8. The van der Waals surface area contributed by atoms with E-state index in [4.69, 9.17) is 9.72 Å². The van der Waals surface area contributed by atoms with Crippen LogP contribution in [0.5, 0.6) is 0 Å². The second-order valence-corrected chi connectivity index (χ2v) is 7.95. The Morgan fingerprint density at radius 3 is 2.73 bits per heavy atom. The number of hydrogen-bond acceptors (Lipinski definition) is 7. The van der Waals surface area contributed by atoms with E-state index in [9.17, 15) is 4.79 Å². The number of ether oxygens (including phenoxy) is 1. The van der Waals surface area contributed by atoms with Crippen LogP contribution < -0.4 is 20.0 Å². The molecule has 0 aliphatic carbocycles. The number of carbonyl (C=O) groups excluding carboxylic acids is 1. The summed E-state index contributed by atoms with van der Waals surface area (Å²) in [4.78, 5) is 32.4. The second-order valence-electron chi connectivity index (χ2n) is 7.95. The van der Waals surface area contributed by atoms with Crippen LogP contribution in [0.2, 0.25) is 0 Å². The summed E-state index contributed by atoms with van der Waals surface area (Å²) in [5.74, 6) is 1.91. The van der Waals surface area contributed by atoms with E-state index < -0.39 is 0 Å². The highest BCUT2D eigenvalue weighted by atomic mass is 16.5. The molecule has 4 heterocycles. The first-order valence-corrected chi connectivity index (χ1v) is 10.4. The number of amides is 2. The van der Waals surface area contributed by atoms with Crippen molar-refractivity contribution in [1.82, 2.24) is 10.3 Å². The third-order valence-electron chi connectivity index (χ3n) is 5.62. The zero-order chi connectivity index (χ0) is 21.3. The summed E-state index contributed by atoms with van der Waals surface area (Å²) >= 11 is 0. The largest absolute Gasteiger partial charge is 0.372 e. The van der Waals surface area contributed by atoms with Gasteiger partial charge in [-0.15, -0.1) is 0 Å². The van der Waals surface area contributed by atoms with E-state index in [1.807, 2.05) is 6.07 Å². The van der Waals surface area contributed by atoms with E-state index in [-0.39, 0.29) is 24.3 Å². The number of nitrogens with one attached hydrogen (secondary N) is 1. The van der Waals surface area contributed by atoms with Gasteiger partial charge in [-0.2, -0.15) is 0 Å². The van der Waals surface area contributed by atoms with Gasteiger partial charge in [-0.05, 0) is 46.0 Å². The lowest BCUT2D eigenvalue weighted by atomic mass is 10.1. The summed E-state index contributed by atoms with van der Waals surface area (Å²) in [6.07, 6.45) is 4.22. The van der Waals surface area contributed by atoms with Crippen molar-refractivity contribution in [1.29, 1.82) is 0 Å².